The fourth-order valence-electron chi connectivity index (χ4n) is 4.02. The molecule has 0 aliphatic rings. The van der Waals surface area contributed by atoms with Crippen molar-refractivity contribution in [2.24, 2.45) is 5.92 Å². The Kier molecular flexibility index (Phi) is 10.5. The van der Waals surface area contributed by atoms with Gasteiger partial charge < -0.3 is 10.2 Å². The molecule has 202 valence electrons. The topological polar surface area (TPSA) is 86.8 Å². The Morgan fingerprint density at radius 2 is 1.50 bits per heavy atom. The number of carbonyl (C=O) groups excluding carboxylic acids is 2. The van der Waals surface area contributed by atoms with Gasteiger partial charge in [-0.25, -0.2) is 8.42 Å². The zero-order valence-electron chi connectivity index (χ0n) is 21.9. The van der Waals surface area contributed by atoms with Crippen LogP contribution in [0.2, 0.25) is 0 Å². The van der Waals surface area contributed by atoms with E-state index in [-0.39, 0.29) is 24.8 Å². The summed E-state index contributed by atoms with van der Waals surface area (Å²) < 4.78 is 27.4. The van der Waals surface area contributed by atoms with Crippen LogP contribution in [0.4, 0.5) is 5.69 Å². The average Bonchev–Trinajstić information content (AvgIpc) is 2.88. The number of amides is 2. The van der Waals surface area contributed by atoms with Gasteiger partial charge in [0.25, 0.3) is 0 Å². The van der Waals surface area contributed by atoms with Crippen LogP contribution in [0.5, 0.6) is 0 Å². The van der Waals surface area contributed by atoms with Gasteiger partial charge in [0.15, 0.2) is 0 Å². The lowest BCUT2D eigenvalue weighted by atomic mass is 10.0. The van der Waals surface area contributed by atoms with Crippen molar-refractivity contribution in [1.29, 1.82) is 0 Å². The highest BCUT2D eigenvalue weighted by Crippen LogP contribution is 2.21. The molecule has 0 aromatic heterocycles. The van der Waals surface area contributed by atoms with E-state index < -0.39 is 28.5 Å². The maximum absolute atomic E-state index is 14.0. The maximum atomic E-state index is 14.0. The van der Waals surface area contributed by atoms with E-state index in [1.54, 1.807) is 30.3 Å². The molecule has 0 aliphatic carbocycles. The van der Waals surface area contributed by atoms with E-state index >= 15 is 0 Å². The second-order valence-corrected chi connectivity index (χ2v) is 12.4. The number of nitrogens with zero attached hydrogens (tertiary/aromatic N) is 2. The zero-order valence-corrected chi connectivity index (χ0v) is 24.3. The minimum atomic E-state index is -3.77. The predicted octanol–water partition coefficient (Wildman–Crippen LogP) is 4.63. The van der Waals surface area contributed by atoms with Gasteiger partial charge in [-0.3, -0.25) is 13.9 Å². The summed E-state index contributed by atoms with van der Waals surface area (Å²) in [6.07, 6.45) is 1.36. The first-order valence-corrected chi connectivity index (χ1v) is 15.1. The molecule has 1 N–H and O–H groups in total. The summed E-state index contributed by atoms with van der Waals surface area (Å²) in [7, 11) is -3.77. The molecule has 3 aromatic carbocycles. The molecule has 1 atom stereocenters. The SMILES string of the molecule is CC(C)CNC(=O)[C@H](Cc1ccccc1)N(Cc1cccc(Br)c1)C(=O)CN(c1ccccc1)S(C)(=O)=O. The van der Waals surface area contributed by atoms with E-state index in [2.05, 4.69) is 21.2 Å². The van der Waals surface area contributed by atoms with E-state index in [1.807, 2.05) is 68.4 Å². The van der Waals surface area contributed by atoms with Crippen LogP contribution in [0.25, 0.3) is 0 Å². The number of hydrogen-bond acceptors (Lipinski definition) is 4. The summed E-state index contributed by atoms with van der Waals surface area (Å²) in [6, 6.07) is 24.7. The smallest absolute Gasteiger partial charge is 0.244 e. The van der Waals surface area contributed by atoms with E-state index in [1.165, 1.54) is 4.90 Å². The van der Waals surface area contributed by atoms with Gasteiger partial charge in [-0.2, -0.15) is 0 Å². The Balaban J connectivity index is 2.03. The van der Waals surface area contributed by atoms with Crippen molar-refractivity contribution in [3.63, 3.8) is 0 Å². The molecule has 38 heavy (non-hydrogen) atoms. The molecule has 7 nitrogen and oxygen atoms in total. The van der Waals surface area contributed by atoms with Crippen molar-refractivity contribution in [2.75, 3.05) is 23.7 Å². The summed E-state index contributed by atoms with van der Waals surface area (Å²) >= 11 is 3.48. The van der Waals surface area contributed by atoms with Gasteiger partial charge in [0, 0.05) is 24.0 Å². The molecule has 0 spiro atoms. The van der Waals surface area contributed by atoms with Gasteiger partial charge in [0.1, 0.15) is 12.6 Å². The molecule has 3 aromatic rings. The van der Waals surface area contributed by atoms with Crippen LogP contribution in [0.1, 0.15) is 25.0 Å². The number of benzene rings is 3. The Morgan fingerprint density at radius 1 is 0.895 bits per heavy atom. The van der Waals surface area contributed by atoms with E-state index in [9.17, 15) is 18.0 Å². The normalized spacial score (nSPS) is 12.1. The van der Waals surface area contributed by atoms with E-state index in [4.69, 9.17) is 0 Å². The van der Waals surface area contributed by atoms with Gasteiger partial charge in [0.05, 0.1) is 11.9 Å². The predicted molar refractivity (Wildman–Crippen MR) is 155 cm³/mol. The highest BCUT2D eigenvalue weighted by atomic mass is 79.9. The number of carbonyl (C=O) groups is 2. The van der Waals surface area contributed by atoms with Crippen LogP contribution in [0.3, 0.4) is 0 Å². The monoisotopic (exact) mass is 599 g/mol. The second kappa shape index (κ2) is 13.6. The summed E-state index contributed by atoms with van der Waals surface area (Å²) in [5.74, 6) is -0.527. The number of para-hydroxylation sites is 1. The van der Waals surface area contributed by atoms with Gasteiger partial charge in [-0.15, -0.1) is 0 Å². The Hall–Kier alpha value is -3.17. The standard InChI is InChI=1S/C29H34BrN3O4S/c1-22(2)19-31-29(35)27(18-23-11-6-4-7-12-23)32(20-24-13-10-14-25(30)17-24)28(34)21-33(38(3,36)37)26-15-8-5-9-16-26/h4-17,22,27H,18-21H2,1-3H3,(H,31,35)/t27-/m0/s1. The number of anilines is 1. The first kappa shape index (κ1) is 29.4. The third kappa shape index (κ3) is 8.70. The summed E-state index contributed by atoms with van der Waals surface area (Å²) in [6.45, 7) is 4.17. The Labute approximate surface area is 234 Å². The molecular formula is C29H34BrN3O4S. The van der Waals surface area contributed by atoms with Gasteiger partial charge >= 0.3 is 0 Å². The number of rotatable bonds is 12. The summed E-state index contributed by atoms with van der Waals surface area (Å²) in [4.78, 5) is 29.0. The molecule has 0 fully saturated rings. The molecule has 0 unspecified atom stereocenters. The van der Waals surface area contributed by atoms with Gasteiger partial charge in [-0.05, 0) is 41.3 Å². The third-order valence-corrected chi connectivity index (χ3v) is 7.55. The lowest BCUT2D eigenvalue weighted by molar-refractivity contribution is -0.140. The lowest BCUT2D eigenvalue weighted by Gasteiger charge is -2.33. The Bertz CT molecular complexity index is 1320. The minimum Gasteiger partial charge on any atom is -0.354 e. The van der Waals surface area contributed by atoms with E-state index in [0.29, 0.717) is 12.2 Å². The summed E-state index contributed by atoms with van der Waals surface area (Å²) in [5.41, 5.74) is 2.09. The minimum absolute atomic E-state index is 0.136. The van der Waals surface area contributed by atoms with Crippen LogP contribution in [0, 0.1) is 5.92 Å². The van der Waals surface area contributed by atoms with Crippen molar-refractivity contribution in [1.82, 2.24) is 10.2 Å². The van der Waals surface area contributed by atoms with Crippen molar-refractivity contribution in [3.05, 3.63) is 101 Å². The number of hydrogen-bond donors (Lipinski definition) is 1. The first-order valence-electron chi connectivity index (χ1n) is 12.4. The van der Waals surface area contributed by atoms with Crippen molar-refractivity contribution < 1.29 is 18.0 Å². The van der Waals surface area contributed by atoms with Crippen LogP contribution in [-0.4, -0.2) is 50.5 Å². The molecule has 0 saturated heterocycles. The average molecular weight is 601 g/mol. The lowest BCUT2D eigenvalue weighted by Crippen LogP contribution is -2.53. The zero-order chi connectivity index (χ0) is 27.7. The molecule has 0 bridgehead atoms. The molecule has 0 heterocycles. The van der Waals surface area contributed by atoms with Crippen molar-refractivity contribution >= 4 is 43.5 Å². The highest BCUT2D eigenvalue weighted by molar-refractivity contribution is 9.10. The van der Waals surface area contributed by atoms with Crippen LogP contribution in [-0.2, 0) is 32.6 Å². The van der Waals surface area contributed by atoms with Crippen LogP contribution in [0.15, 0.2) is 89.4 Å². The first-order chi connectivity index (χ1) is 18.0. The molecule has 2 amide bonds. The number of sulfonamides is 1. The maximum Gasteiger partial charge on any atom is 0.244 e. The third-order valence-electron chi connectivity index (χ3n) is 5.92. The van der Waals surface area contributed by atoms with Crippen LogP contribution < -0.4 is 9.62 Å². The number of nitrogens with one attached hydrogen (secondary N) is 1. The largest absolute Gasteiger partial charge is 0.354 e. The molecule has 0 saturated carbocycles. The summed E-state index contributed by atoms with van der Waals surface area (Å²) in [5, 5.41) is 2.98. The molecule has 9 heteroatoms. The fourth-order valence-corrected chi connectivity index (χ4v) is 5.31. The van der Waals surface area contributed by atoms with Crippen LogP contribution >= 0.6 is 15.9 Å². The van der Waals surface area contributed by atoms with Gasteiger partial charge in [-0.1, -0.05) is 90.4 Å². The highest BCUT2D eigenvalue weighted by Gasteiger charge is 2.33. The Morgan fingerprint density at radius 3 is 2.08 bits per heavy atom. The molecule has 0 aliphatic heterocycles. The molecular weight excluding hydrogens is 566 g/mol. The second-order valence-electron chi connectivity index (χ2n) is 9.60. The van der Waals surface area contributed by atoms with Gasteiger partial charge in [0.2, 0.25) is 21.8 Å². The van der Waals surface area contributed by atoms with E-state index in [0.717, 1.165) is 26.2 Å². The molecule has 0 radical (unpaired) electrons. The van der Waals surface area contributed by atoms with Crippen molar-refractivity contribution in [3.8, 4) is 0 Å². The molecule has 3 rings (SSSR count). The number of halogens is 1. The fraction of sp³-hybridized carbons (Fsp3) is 0.310. The quantitative estimate of drug-likeness (QED) is 0.329. The van der Waals surface area contributed by atoms with Crippen molar-refractivity contribution in [2.45, 2.75) is 32.9 Å².